The Bertz CT molecular complexity index is 765. The standard InChI is InChI=1S/C16H12F2N2O3/c17-11-6-5-10(12(18)7-11)8-19-20-16(21)15-9-22-13-3-1-2-4-14(13)23-15/h1-8,15H,9H2,(H,20,21)/b19-8-/t15-/m1/s1. The van der Waals surface area contributed by atoms with Gasteiger partial charge in [0, 0.05) is 11.6 Å². The van der Waals surface area contributed by atoms with Crippen molar-refractivity contribution in [3.05, 3.63) is 59.7 Å². The molecule has 0 saturated carbocycles. The number of amides is 1. The van der Waals surface area contributed by atoms with Gasteiger partial charge in [-0.3, -0.25) is 4.79 Å². The number of benzene rings is 2. The predicted molar refractivity (Wildman–Crippen MR) is 78.4 cm³/mol. The third kappa shape index (κ3) is 3.45. The van der Waals surface area contributed by atoms with Gasteiger partial charge >= 0.3 is 0 Å². The van der Waals surface area contributed by atoms with E-state index in [2.05, 4.69) is 10.5 Å². The Labute approximate surface area is 130 Å². The number of rotatable bonds is 3. The number of para-hydroxylation sites is 2. The first-order valence-corrected chi connectivity index (χ1v) is 6.80. The monoisotopic (exact) mass is 318 g/mol. The molecule has 2 aromatic rings. The molecule has 1 heterocycles. The Balaban J connectivity index is 1.61. The van der Waals surface area contributed by atoms with E-state index in [0.29, 0.717) is 11.5 Å². The molecule has 0 spiro atoms. The van der Waals surface area contributed by atoms with Gasteiger partial charge in [0.15, 0.2) is 11.5 Å². The number of nitrogens with zero attached hydrogens (tertiary/aromatic N) is 1. The first kappa shape index (κ1) is 15.0. The maximum absolute atomic E-state index is 13.4. The lowest BCUT2D eigenvalue weighted by atomic mass is 10.2. The summed E-state index contributed by atoms with van der Waals surface area (Å²) in [5, 5.41) is 3.64. The summed E-state index contributed by atoms with van der Waals surface area (Å²) >= 11 is 0. The maximum Gasteiger partial charge on any atom is 0.284 e. The zero-order valence-corrected chi connectivity index (χ0v) is 11.8. The molecule has 1 aliphatic heterocycles. The second kappa shape index (κ2) is 6.43. The number of fused-ring (bicyclic) bond motifs is 1. The summed E-state index contributed by atoms with van der Waals surface area (Å²) in [5.74, 6) is -0.955. The summed E-state index contributed by atoms with van der Waals surface area (Å²) in [7, 11) is 0. The van der Waals surface area contributed by atoms with Gasteiger partial charge in [0.05, 0.1) is 6.21 Å². The first-order valence-electron chi connectivity index (χ1n) is 6.80. The first-order chi connectivity index (χ1) is 11.1. The minimum Gasteiger partial charge on any atom is -0.485 e. The van der Waals surface area contributed by atoms with Gasteiger partial charge in [-0.2, -0.15) is 5.10 Å². The molecule has 1 atom stereocenters. The molecule has 2 aromatic carbocycles. The zero-order valence-electron chi connectivity index (χ0n) is 11.8. The summed E-state index contributed by atoms with van der Waals surface area (Å²) < 4.78 is 37.1. The van der Waals surface area contributed by atoms with Crippen LogP contribution in [0.25, 0.3) is 0 Å². The van der Waals surface area contributed by atoms with Crippen LogP contribution in [0.1, 0.15) is 5.56 Å². The van der Waals surface area contributed by atoms with E-state index in [-0.39, 0.29) is 12.2 Å². The lowest BCUT2D eigenvalue weighted by molar-refractivity contribution is -0.130. The Hall–Kier alpha value is -2.96. The highest BCUT2D eigenvalue weighted by molar-refractivity contribution is 5.85. The van der Waals surface area contributed by atoms with Gasteiger partial charge < -0.3 is 9.47 Å². The van der Waals surface area contributed by atoms with E-state index in [4.69, 9.17) is 9.47 Å². The third-order valence-electron chi connectivity index (χ3n) is 3.14. The second-order valence-electron chi connectivity index (χ2n) is 4.76. The summed E-state index contributed by atoms with van der Waals surface area (Å²) in [6.45, 7) is 0.0449. The van der Waals surface area contributed by atoms with Gasteiger partial charge in [-0.05, 0) is 24.3 Å². The topological polar surface area (TPSA) is 59.9 Å². The number of carbonyl (C=O) groups is 1. The van der Waals surface area contributed by atoms with Crippen LogP contribution < -0.4 is 14.9 Å². The van der Waals surface area contributed by atoms with E-state index in [1.165, 1.54) is 6.07 Å². The summed E-state index contributed by atoms with van der Waals surface area (Å²) in [6.07, 6.45) is 0.227. The van der Waals surface area contributed by atoms with Crippen LogP contribution in [0.2, 0.25) is 0 Å². The Morgan fingerprint density at radius 3 is 2.78 bits per heavy atom. The Morgan fingerprint density at radius 1 is 1.22 bits per heavy atom. The molecule has 1 amide bonds. The lowest BCUT2D eigenvalue weighted by Gasteiger charge is -2.24. The predicted octanol–water partition coefficient (Wildman–Crippen LogP) is 2.25. The summed E-state index contributed by atoms with van der Waals surface area (Å²) in [5.41, 5.74) is 2.29. The molecule has 3 rings (SSSR count). The van der Waals surface area contributed by atoms with Crippen molar-refractivity contribution in [2.75, 3.05) is 6.61 Å². The fraction of sp³-hybridized carbons (Fsp3) is 0.125. The highest BCUT2D eigenvalue weighted by Crippen LogP contribution is 2.30. The molecule has 5 nitrogen and oxygen atoms in total. The molecule has 0 bridgehead atoms. The van der Waals surface area contributed by atoms with Gasteiger partial charge in [0.25, 0.3) is 5.91 Å². The van der Waals surface area contributed by atoms with E-state index in [0.717, 1.165) is 18.3 Å². The van der Waals surface area contributed by atoms with Crippen LogP contribution in [0.4, 0.5) is 8.78 Å². The maximum atomic E-state index is 13.4. The highest BCUT2D eigenvalue weighted by atomic mass is 19.1. The van der Waals surface area contributed by atoms with Crippen LogP contribution >= 0.6 is 0 Å². The van der Waals surface area contributed by atoms with Crippen molar-refractivity contribution in [3.8, 4) is 11.5 Å². The number of hydrogen-bond donors (Lipinski definition) is 1. The molecule has 0 aromatic heterocycles. The Kier molecular flexibility index (Phi) is 4.18. The zero-order chi connectivity index (χ0) is 16.2. The molecule has 0 unspecified atom stereocenters. The summed E-state index contributed by atoms with van der Waals surface area (Å²) in [4.78, 5) is 12.0. The molecular formula is C16H12F2N2O3. The van der Waals surface area contributed by atoms with Crippen molar-refractivity contribution in [1.82, 2.24) is 5.43 Å². The molecule has 118 valence electrons. The molecule has 0 saturated heterocycles. The minimum absolute atomic E-state index is 0.0449. The van der Waals surface area contributed by atoms with Crippen LogP contribution in [-0.2, 0) is 4.79 Å². The second-order valence-corrected chi connectivity index (χ2v) is 4.76. The van der Waals surface area contributed by atoms with Gasteiger partial charge in [0.2, 0.25) is 6.10 Å². The van der Waals surface area contributed by atoms with Crippen LogP contribution in [0.5, 0.6) is 11.5 Å². The number of ether oxygens (including phenoxy) is 2. The van der Waals surface area contributed by atoms with E-state index in [1.807, 2.05) is 0 Å². The van der Waals surface area contributed by atoms with Crippen LogP contribution in [0.15, 0.2) is 47.6 Å². The largest absolute Gasteiger partial charge is 0.485 e. The van der Waals surface area contributed by atoms with Crippen LogP contribution in [0, 0.1) is 11.6 Å². The fourth-order valence-corrected chi connectivity index (χ4v) is 1.99. The van der Waals surface area contributed by atoms with Gasteiger partial charge in [0.1, 0.15) is 18.2 Å². The fourth-order valence-electron chi connectivity index (χ4n) is 1.99. The molecule has 0 aliphatic carbocycles. The van der Waals surface area contributed by atoms with Crippen molar-refractivity contribution in [2.45, 2.75) is 6.10 Å². The number of carbonyl (C=O) groups excluding carboxylic acids is 1. The molecular weight excluding hydrogens is 306 g/mol. The van der Waals surface area contributed by atoms with E-state index in [1.54, 1.807) is 24.3 Å². The van der Waals surface area contributed by atoms with Gasteiger partial charge in [-0.25, -0.2) is 14.2 Å². The smallest absolute Gasteiger partial charge is 0.284 e. The lowest BCUT2D eigenvalue weighted by Crippen LogP contribution is -2.42. The van der Waals surface area contributed by atoms with Crippen molar-refractivity contribution in [2.24, 2.45) is 5.10 Å². The summed E-state index contributed by atoms with van der Waals surface area (Å²) in [6, 6.07) is 10.0. The molecule has 1 N–H and O–H groups in total. The van der Waals surface area contributed by atoms with Crippen molar-refractivity contribution in [3.63, 3.8) is 0 Å². The average Bonchev–Trinajstić information content (AvgIpc) is 2.56. The number of halogens is 2. The van der Waals surface area contributed by atoms with Crippen LogP contribution in [-0.4, -0.2) is 24.8 Å². The third-order valence-corrected chi connectivity index (χ3v) is 3.14. The normalized spacial score (nSPS) is 16.3. The van der Waals surface area contributed by atoms with Crippen molar-refractivity contribution >= 4 is 12.1 Å². The highest BCUT2D eigenvalue weighted by Gasteiger charge is 2.26. The number of nitrogens with one attached hydrogen (secondary N) is 1. The quantitative estimate of drug-likeness (QED) is 0.697. The SMILES string of the molecule is O=C(N/N=C\c1ccc(F)cc1F)[C@H]1COc2ccccc2O1. The molecule has 0 fully saturated rings. The van der Waals surface area contributed by atoms with E-state index in [9.17, 15) is 13.6 Å². The molecule has 1 aliphatic rings. The minimum atomic E-state index is -0.861. The van der Waals surface area contributed by atoms with Gasteiger partial charge in [-0.1, -0.05) is 12.1 Å². The average molecular weight is 318 g/mol. The van der Waals surface area contributed by atoms with Gasteiger partial charge in [-0.15, -0.1) is 0 Å². The number of hydrogen-bond acceptors (Lipinski definition) is 4. The van der Waals surface area contributed by atoms with E-state index < -0.39 is 23.6 Å². The van der Waals surface area contributed by atoms with Crippen molar-refractivity contribution < 1.29 is 23.0 Å². The molecule has 0 radical (unpaired) electrons. The Morgan fingerprint density at radius 2 is 2.00 bits per heavy atom. The molecule has 7 heteroatoms. The molecule has 23 heavy (non-hydrogen) atoms. The van der Waals surface area contributed by atoms with Crippen LogP contribution in [0.3, 0.4) is 0 Å². The van der Waals surface area contributed by atoms with Crippen molar-refractivity contribution in [1.29, 1.82) is 0 Å². The number of hydrazone groups is 1. The van der Waals surface area contributed by atoms with E-state index >= 15 is 0 Å².